The van der Waals surface area contributed by atoms with Gasteiger partial charge in [-0.1, -0.05) is 0 Å². The van der Waals surface area contributed by atoms with Gasteiger partial charge in [0.2, 0.25) is 0 Å². The molecule has 0 radical (unpaired) electrons. The van der Waals surface area contributed by atoms with Gasteiger partial charge >= 0.3 is 18.2 Å². The highest BCUT2D eigenvalue weighted by Crippen LogP contribution is 2.11. The summed E-state index contributed by atoms with van der Waals surface area (Å²) in [5, 5.41) is 2.45. The lowest BCUT2D eigenvalue weighted by Gasteiger charge is -2.22. The molecule has 0 aliphatic carbocycles. The second kappa shape index (κ2) is 8.20. The number of esters is 1. The molecule has 0 aliphatic heterocycles. The summed E-state index contributed by atoms with van der Waals surface area (Å²) in [4.78, 5) is 39.9. The first-order valence-corrected chi connectivity index (χ1v) is 8.14. The summed E-state index contributed by atoms with van der Waals surface area (Å²) in [6.07, 6.45) is 1.40. The third-order valence-electron chi connectivity index (χ3n) is 2.83. The van der Waals surface area contributed by atoms with E-state index >= 15 is 0 Å². The van der Waals surface area contributed by atoms with Crippen LogP contribution < -0.4 is 5.32 Å². The van der Waals surface area contributed by atoms with Crippen LogP contribution in [0.2, 0.25) is 0 Å². The SMILES string of the molecule is COC(=O)[C@H](Cc1cn(C(=O)OC(C)(C)C)cn1)NC(=O)OC(C)(C)C. The summed E-state index contributed by atoms with van der Waals surface area (Å²) in [6, 6.07) is -1.00. The van der Waals surface area contributed by atoms with Crippen LogP contribution in [0, 0.1) is 0 Å². The molecule has 9 heteroatoms. The normalized spacial score (nSPS) is 12.9. The number of alkyl carbamates (subject to hydrolysis) is 1. The van der Waals surface area contributed by atoms with Crippen molar-refractivity contribution in [3.8, 4) is 0 Å². The molecule has 1 aromatic heterocycles. The summed E-state index contributed by atoms with van der Waals surface area (Å²) in [6.45, 7) is 10.4. The lowest BCUT2D eigenvalue weighted by atomic mass is 10.1. The lowest BCUT2D eigenvalue weighted by molar-refractivity contribution is -0.143. The lowest BCUT2D eigenvalue weighted by Crippen LogP contribution is -2.45. The van der Waals surface area contributed by atoms with Crippen LogP contribution in [0.5, 0.6) is 0 Å². The number of carbonyl (C=O) groups excluding carboxylic acids is 3. The molecule has 0 bridgehead atoms. The quantitative estimate of drug-likeness (QED) is 0.640. The molecule has 26 heavy (non-hydrogen) atoms. The molecule has 0 spiro atoms. The summed E-state index contributed by atoms with van der Waals surface area (Å²) < 4.78 is 16.2. The van der Waals surface area contributed by atoms with Crippen LogP contribution in [-0.4, -0.2) is 52.1 Å². The van der Waals surface area contributed by atoms with E-state index in [-0.39, 0.29) is 6.42 Å². The molecule has 0 unspecified atom stereocenters. The van der Waals surface area contributed by atoms with E-state index < -0.39 is 35.4 Å². The molecule has 1 rings (SSSR count). The number of aromatic nitrogens is 2. The average molecular weight is 369 g/mol. The Bertz CT molecular complexity index is 654. The Kier molecular flexibility index (Phi) is 6.77. The van der Waals surface area contributed by atoms with Gasteiger partial charge in [0.15, 0.2) is 0 Å². The van der Waals surface area contributed by atoms with E-state index in [1.165, 1.54) is 24.2 Å². The number of amides is 1. The first-order valence-electron chi connectivity index (χ1n) is 8.14. The van der Waals surface area contributed by atoms with Crippen molar-refractivity contribution in [2.24, 2.45) is 0 Å². The van der Waals surface area contributed by atoms with Gasteiger partial charge in [-0.25, -0.2) is 23.9 Å². The zero-order valence-corrected chi connectivity index (χ0v) is 16.3. The minimum atomic E-state index is -1.00. The summed E-state index contributed by atoms with van der Waals surface area (Å²) in [5.74, 6) is -0.650. The van der Waals surface area contributed by atoms with E-state index in [2.05, 4.69) is 10.3 Å². The minimum absolute atomic E-state index is 0.0295. The number of hydrogen-bond donors (Lipinski definition) is 1. The number of nitrogens with zero attached hydrogens (tertiary/aromatic N) is 2. The van der Waals surface area contributed by atoms with Gasteiger partial charge in [0, 0.05) is 12.6 Å². The summed E-state index contributed by atoms with van der Waals surface area (Å²) in [5.41, 5.74) is -0.945. The van der Waals surface area contributed by atoms with Crippen molar-refractivity contribution in [1.82, 2.24) is 14.9 Å². The van der Waals surface area contributed by atoms with Crippen molar-refractivity contribution in [2.75, 3.05) is 7.11 Å². The van der Waals surface area contributed by atoms with Gasteiger partial charge in [-0.15, -0.1) is 0 Å². The van der Waals surface area contributed by atoms with E-state index in [0.29, 0.717) is 5.69 Å². The third kappa shape index (κ3) is 7.54. The predicted octanol–water partition coefficient (Wildman–Crippen LogP) is 2.28. The molecule has 0 fully saturated rings. The van der Waals surface area contributed by atoms with Crippen LogP contribution in [0.3, 0.4) is 0 Å². The highest BCUT2D eigenvalue weighted by Gasteiger charge is 2.26. The van der Waals surface area contributed by atoms with Crippen molar-refractivity contribution in [1.29, 1.82) is 0 Å². The predicted molar refractivity (Wildman–Crippen MR) is 92.7 cm³/mol. The first-order chi connectivity index (χ1) is 11.8. The van der Waals surface area contributed by atoms with E-state index in [1.807, 2.05) is 0 Å². The Morgan fingerprint density at radius 2 is 1.69 bits per heavy atom. The van der Waals surface area contributed by atoms with Gasteiger partial charge in [-0.2, -0.15) is 0 Å². The van der Waals surface area contributed by atoms with Crippen LogP contribution in [-0.2, 0) is 25.4 Å². The van der Waals surface area contributed by atoms with E-state index in [4.69, 9.17) is 14.2 Å². The zero-order chi connectivity index (χ0) is 20.1. The van der Waals surface area contributed by atoms with Crippen molar-refractivity contribution in [3.63, 3.8) is 0 Å². The second-order valence-electron chi connectivity index (χ2n) is 7.68. The monoisotopic (exact) mass is 369 g/mol. The van der Waals surface area contributed by atoms with Gasteiger partial charge in [0.25, 0.3) is 0 Å². The average Bonchev–Trinajstić information content (AvgIpc) is 2.90. The number of ether oxygens (including phenoxy) is 3. The van der Waals surface area contributed by atoms with E-state index in [9.17, 15) is 14.4 Å². The number of hydrogen-bond acceptors (Lipinski definition) is 7. The highest BCUT2D eigenvalue weighted by atomic mass is 16.6. The molecule has 0 saturated carbocycles. The fraction of sp³-hybridized carbons (Fsp3) is 0.647. The van der Waals surface area contributed by atoms with Gasteiger partial charge in [-0.3, -0.25) is 0 Å². The molecule has 146 valence electrons. The molecular weight excluding hydrogens is 342 g/mol. The van der Waals surface area contributed by atoms with Crippen LogP contribution >= 0.6 is 0 Å². The van der Waals surface area contributed by atoms with E-state index in [1.54, 1.807) is 41.5 Å². The minimum Gasteiger partial charge on any atom is -0.467 e. The topological polar surface area (TPSA) is 109 Å². The van der Waals surface area contributed by atoms with Crippen molar-refractivity contribution >= 4 is 18.2 Å². The van der Waals surface area contributed by atoms with Crippen LogP contribution in [0.4, 0.5) is 9.59 Å². The molecule has 1 atom stereocenters. The van der Waals surface area contributed by atoms with Crippen LogP contribution in [0.1, 0.15) is 47.2 Å². The third-order valence-corrected chi connectivity index (χ3v) is 2.83. The number of imidazole rings is 1. The summed E-state index contributed by atoms with van der Waals surface area (Å²) in [7, 11) is 1.21. The van der Waals surface area contributed by atoms with Crippen LogP contribution in [0.15, 0.2) is 12.5 Å². The molecule has 9 nitrogen and oxygen atoms in total. The maximum absolute atomic E-state index is 12.0. The fourth-order valence-corrected chi connectivity index (χ4v) is 1.88. The highest BCUT2D eigenvalue weighted by molar-refractivity contribution is 5.81. The molecule has 1 amide bonds. The molecule has 0 aromatic carbocycles. The Morgan fingerprint density at radius 3 is 2.19 bits per heavy atom. The number of rotatable bonds is 4. The van der Waals surface area contributed by atoms with Crippen molar-refractivity contribution in [2.45, 2.75) is 65.2 Å². The number of nitrogens with one attached hydrogen (secondary N) is 1. The smallest absolute Gasteiger partial charge is 0.419 e. The number of carbonyl (C=O) groups is 3. The van der Waals surface area contributed by atoms with Gasteiger partial charge in [-0.05, 0) is 41.5 Å². The van der Waals surface area contributed by atoms with Crippen LogP contribution in [0.25, 0.3) is 0 Å². The van der Waals surface area contributed by atoms with Crippen molar-refractivity contribution in [3.05, 3.63) is 18.2 Å². The Labute approximate surface area is 153 Å². The Morgan fingerprint density at radius 1 is 1.12 bits per heavy atom. The van der Waals surface area contributed by atoms with Crippen molar-refractivity contribution < 1.29 is 28.6 Å². The standard InChI is InChI=1S/C17H27N3O6/c1-16(2,3)25-14(22)19-12(13(21)24-7)8-11-9-20(10-18-11)15(23)26-17(4,5)6/h9-10,12H,8H2,1-7H3,(H,19,22)/t12-/m0/s1. The van der Waals surface area contributed by atoms with Gasteiger partial charge < -0.3 is 19.5 Å². The fourth-order valence-electron chi connectivity index (χ4n) is 1.88. The molecule has 1 aromatic rings. The molecular formula is C17H27N3O6. The molecule has 0 saturated heterocycles. The zero-order valence-electron chi connectivity index (χ0n) is 16.3. The maximum Gasteiger partial charge on any atom is 0.419 e. The molecule has 1 heterocycles. The largest absolute Gasteiger partial charge is 0.467 e. The van der Waals surface area contributed by atoms with Gasteiger partial charge in [0.05, 0.1) is 12.8 Å². The number of methoxy groups -OCH3 is 1. The Hall–Kier alpha value is -2.58. The summed E-state index contributed by atoms with van der Waals surface area (Å²) >= 11 is 0. The maximum atomic E-state index is 12.0. The Balaban J connectivity index is 2.82. The van der Waals surface area contributed by atoms with Gasteiger partial charge in [0.1, 0.15) is 23.6 Å². The molecule has 0 aliphatic rings. The molecule has 1 N–H and O–H groups in total. The second-order valence-corrected chi connectivity index (χ2v) is 7.68. The first kappa shape index (κ1) is 21.5. The van der Waals surface area contributed by atoms with E-state index in [0.717, 1.165) is 0 Å².